The second-order valence-corrected chi connectivity index (χ2v) is 10.7. The standard InChI is InChI=1S/C31H34N4O5S/c1-40-26-11-8-22(9-12-26)20-32-34-31(39)27-19-25(35-15-3-2-4-16-35)10-13-28(27)33-30(38)24-7-5-6-23(18-24)21-41-17-14-29(36)37/h5-13,18-20H,2-4,14-17,21H2,1H3,(H,33,38)(H,34,39)(H,36,37). The van der Waals surface area contributed by atoms with Gasteiger partial charge in [0.05, 0.1) is 31.0 Å². The molecule has 1 aliphatic rings. The summed E-state index contributed by atoms with van der Waals surface area (Å²) in [5.74, 6) is 0.205. The molecule has 1 fully saturated rings. The Hall–Kier alpha value is -4.31. The number of benzene rings is 3. The van der Waals surface area contributed by atoms with Crippen LogP contribution < -0.4 is 20.4 Å². The van der Waals surface area contributed by atoms with Gasteiger partial charge < -0.3 is 20.1 Å². The van der Waals surface area contributed by atoms with Crippen molar-refractivity contribution in [3.8, 4) is 5.75 Å². The Bertz CT molecular complexity index is 1390. The van der Waals surface area contributed by atoms with Crippen LogP contribution in [0.2, 0.25) is 0 Å². The second-order valence-electron chi connectivity index (χ2n) is 9.60. The molecule has 41 heavy (non-hydrogen) atoms. The minimum Gasteiger partial charge on any atom is -0.497 e. The van der Waals surface area contributed by atoms with Gasteiger partial charge in [-0.05, 0) is 85.0 Å². The first-order valence-corrected chi connectivity index (χ1v) is 14.6. The minimum absolute atomic E-state index is 0.0905. The van der Waals surface area contributed by atoms with Gasteiger partial charge in [0.15, 0.2) is 0 Å². The van der Waals surface area contributed by atoms with Crippen LogP contribution >= 0.6 is 11.8 Å². The Balaban J connectivity index is 1.50. The molecule has 0 spiro atoms. The van der Waals surface area contributed by atoms with E-state index in [1.54, 1.807) is 43.7 Å². The third-order valence-corrected chi connectivity index (χ3v) is 7.66. The number of rotatable bonds is 12. The highest BCUT2D eigenvalue weighted by molar-refractivity contribution is 7.98. The Morgan fingerprint density at radius 3 is 2.51 bits per heavy atom. The van der Waals surface area contributed by atoms with E-state index >= 15 is 0 Å². The number of aliphatic carboxylic acids is 1. The third kappa shape index (κ3) is 8.84. The van der Waals surface area contributed by atoms with Crippen LogP contribution in [0.4, 0.5) is 11.4 Å². The molecule has 1 saturated heterocycles. The summed E-state index contributed by atoms with van der Waals surface area (Å²) in [6.45, 7) is 1.83. The van der Waals surface area contributed by atoms with Gasteiger partial charge in [-0.3, -0.25) is 14.4 Å². The van der Waals surface area contributed by atoms with Gasteiger partial charge in [0.25, 0.3) is 11.8 Å². The molecule has 3 N–H and O–H groups in total. The van der Waals surface area contributed by atoms with E-state index < -0.39 is 11.9 Å². The molecule has 2 amide bonds. The zero-order chi connectivity index (χ0) is 29.0. The van der Waals surface area contributed by atoms with Crippen LogP contribution in [0.15, 0.2) is 71.8 Å². The van der Waals surface area contributed by atoms with E-state index in [0.717, 1.165) is 48.5 Å². The largest absolute Gasteiger partial charge is 0.497 e. The summed E-state index contributed by atoms with van der Waals surface area (Å²) in [4.78, 5) is 39.5. The monoisotopic (exact) mass is 574 g/mol. The topological polar surface area (TPSA) is 120 Å². The number of hydrazone groups is 1. The quantitative estimate of drug-likeness (QED) is 0.150. The van der Waals surface area contributed by atoms with Gasteiger partial charge in [-0.2, -0.15) is 16.9 Å². The van der Waals surface area contributed by atoms with E-state index in [0.29, 0.717) is 28.3 Å². The molecule has 0 saturated carbocycles. The number of carbonyl (C=O) groups is 3. The lowest BCUT2D eigenvalue weighted by Gasteiger charge is -2.29. The van der Waals surface area contributed by atoms with Crippen LogP contribution in [0.3, 0.4) is 0 Å². The Kier molecular flexibility index (Phi) is 10.8. The van der Waals surface area contributed by atoms with Crippen LogP contribution in [-0.2, 0) is 10.5 Å². The maximum atomic E-state index is 13.3. The summed E-state index contributed by atoms with van der Waals surface area (Å²) >= 11 is 1.50. The molecule has 3 aromatic rings. The van der Waals surface area contributed by atoms with Crippen molar-refractivity contribution in [3.05, 3.63) is 89.0 Å². The fourth-order valence-electron chi connectivity index (χ4n) is 4.44. The van der Waals surface area contributed by atoms with Crippen LogP contribution in [0, 0.1) is 0 Å². The van der Waals surface area contributed by atoms with Crippen molar-refractivity contribution in [1.82, 2.24) is 5.43 Å². The van der Waals surface area contributed by atoms with Crippen molar-refractivity contribution in [3.63, 3.8) is 0 Å². The number of hydrogen-bond donors (Lipinski definition) is 3. The summed E-state index contributed by atoms with van der Waals surface area (Å²) in [5, 5.41) is 15.8. The van der Waals surface area contributed by atoms with E-state index in [-0.39, 0.29) is 12.3 Å². The number of thioether (sulfide) groups is 1. The van der Waals surface area contributed by atoms with Crippen molar-refractivity contribution < 1.29 is 24.2 Å². The summed E-state index contributed by atoms with van der Waals surface area (Å²) in [6, 6.07) is 19.9. The van der Waals surface area contributed by atoms with Crippen molar-refractivity contribution in [2.75, 3.05) is 36.2 Å². The van der Waals surface area contributed by atoms with Crippen molar-refractivity contribution >= 4 is 47.1 Å². The number of hydrogen-bond acceptors (Lipinski definition) is 7. The van der Waals surface area contributed by atoms with E-state index in [2.05, 4.69) is 20.7 Å². The number of piperidine rings is 1. The first-order valence-electron chi connectivity index (χ1n) is 13.5. The highest BCUT2D eigenvalue weighted by atomic mass is 32.2. The van der Waals surface area contributed by atoms with Crippen LogP contribution in [-0.4, -0.2) is 55.1 Å². The number of anilines is 2. The average Bonchev–Trinajstić information content (AvgIpc) is 3.00. The molecule has 0 unspecified atom stereocenters. The van der Waals surface area contributed by atoms with Gasteiger partial charge >= 0.3 is 5.97 Å². The molecule has 0 bridgehead atoms. The second kappa shape index (κ2) is 14.9. The summed E-state index contributed by atoms with van der Waals surface area (Å²) in [7, 11) is 1.60. The third-order valence-electron chi connectivity index (χ3n) is 6.63. The molecule has 10 heteroatoms. The fourth-order valence-corrected chi connectivity index (χ4v) is 5.32. The van der Waals surface area contributed by atoms with Crippen LogP contribution in [0.1, 0.15) is 57.5 Å². The van der Waals surface area contributed by atoms with E-state index in [1.165, 1.54) is 18.2 Å². The normalized spacial score (nSPS) is 13.1. The molecule has 1 heterocycles. The molecular formula is C31H34N4O5S. The fraction of sp³-hybridized carbons (Fsp3) is 0.290. The predicted octanol–water partition coefficient (Wildman–Crippen LogP) is 5.41. The van der Waals surface area contributed by atoms with E-state index in [9.17, 15) is 14.4 Å². The number of amides is 2. The molecule has 3 aromatic carbocycles. The zero-order valence-electron chi connectivity index (χ0n) is 23.0. The average molecular weight is 575 g/mol. The SMILES string of the molecule is COc1ccc(C=NNC(=O)c2cc(N3CCCCC3)ccc2NC(=O)c2cccc(CSCCC(=O)O)c2)cc1. The number of carbonyl (C=O) groups excluding carboxylic acids is 2. The lowest BCUT2D eigenvalue weighted by atomic mass is 10.1. The maximum Gasteiger partial charge on any atom is 0.304 e. The molecule has 0 radical (unpaired) electrons. The molecule has 0 aliphatic carbocycles. The van der Waals surface area contributed by atoms with Gasteiger partial charge in [-0.25, -0.2) is 5.43 Å². The van der Waals surface area contributed by atoms with Crippen LogP contribution in [0.25, 0.3) is 0 Å². The number of methoxy groups -OCH3 is 1. The van der Waals surface area contributed by atoms with Crippen molar-refractivity contribution in [2.45, 2.75) is 31.4 Å². The first kappa shape index (κ1) is 29.7. The van der Waals surface area contributed by atoms with Gasteiger partial charge in [0.1, 0.15) is 5.75 Å². The highest BCUT2D eigenvalue weighted by Crippen LogP contribution is 2.27. The first-order chi connectivity index (χ1) is 19.9. The number of nitrogens with zero attached hydrogens (tertiary/aromatic N) is 2. The molecule has 4 rings (SSSR count). The Morgan fingerprint density at radius 1 is 1.00 bits per heavy atom. The van der Waals surface area contributed by atoms with Gasteiger partial charge in [0, 0.05) is 35.8 Å². The molecule has 214 valence electrons. The van der Waals surface area contributed by atoms with Gasteiger partial charge in [-0.1, -0.05) is 12.1 Å². The Labute approximate surface area is 244 Å². The lowest BCUT2D eigenvalue weighted by molar-refractivity contribution is -0.136. The molecule has 0 atom stereocenters. The summed E-state index contributed by atoms with van der Waals surface area (Å²) in [6.07, 6.45) is 5.01. The highest BCUT2D eigenvalue weighted by Gasteiger charge is 2.19. The van der Waals surface area contributed by atoms with E-state index in [1.807, 2.05) is 36.4 Å². The molecule has 9 nitrogen and oxygen atoms in total. The number of carboxylic acids is 1. The summed E-state index contributed by atoms with van der Waals surface area (Å²) in [5.41, 5.74) is 6.37. The minimum atomic E-state index is -0.830. The maximum absolute atomic E-state index is 13.3. The van der Waals surface area contributed by atoms with Gasteiger partial charge in [-0.15, -0.1) is 0 Å². The molecule has 0 aromatic heterocycles. The number of carboxylic acid groups (broad SMARTS) is 1. The Morgan fingerprint density at radius 2 is 1.78 bits per heavy atom. The number of ether oxygens (including phenoxy) is 1. The van der Waals surface area contributed by atoms with Gasteiger partial charge in [0.2, 0.25) is 0 Å². The predicted molar refractivity (Wildman–Crippen MR) is 163 cm³/mol. The van der Waals surface area contributed by atoms with Crippen molar-refractivity contribution in [2.24, 2.45) is 5.10 Å². The smallest absolute Gasteiger partial charge is 0.304 e. The lowest BCUT2D eigenvalue weighted by Crippen LogP contribution is -2.30. The summed E-state index contributed by atoms with van der Waals surface area (Å²) < 4.78 is 5.17. The molecule has 1 aliphatic heterocycles. The van der Waals surface area contributed by atoms with E-state index in [4.69, 9.17) is 9.84 Å². The van der Waals surface area contributed by atoms with Crippen molar-refractivity contribution in [1.29, 1.82) is 0 Å². The molecular weight excluding hydrogens is 540 g/mol. The number of nitrogens with one attached hydrogen (secondary N) is 2. The zero-order valence-corrected chi connectivity index (χ0v) is 23.8. The van der Waals surface area contributed by atoms with Crippen LogP contribution in [0.5, 0.6) is 5.75 Å².